The molecule has 0 radical (unpaired) electrons. The summed E-state index contributed by atoms with van der Waals surface area (Å²) < 4.78 is 0. The van der Waals surface area contributed by atoms with Crippen LogP contribution in [0.2, 0.25) is 0 Å². The zero-order valence-electron chi connectivity index (χ0n) is 12.9. The summed E-state index contributed by atoms with van der Waals surface area (Å²) in [4.78, 5) is 16.2. The zero-order chi connectivity index (χ0) is 14.7. The third-order valence-electron chi connectivity index (χ3n) is 3.67. The number of anilines is 1. The van der Waals surface area contributed by atoms with Crippen LogP contribution in [0.3, 0.4) is 0 Å². The summed E-state index contributed by atoms with van der Waals surface area (Å²) in [6.45, 7) is 11.6. The molecule has 1 aliphatic heterocycles. The van der Waals surface area contributed by atoms with Gasteiger partial charge in [-0.05, 0) is 39.3 Å². The molecular formula is C16H25N3O. The minimum Gasteiger partial charge on any atom is -0.368 e. The fourth-order valence-corrected chi connectivity index (χ4v) is 2.65. The molecule has 0 bridgehead atoms. The third-order valence-corrected chi connectivity index (χ3v) is 3.67. The fraction of sp³-hybridized carbons (Fsp3) is 0.562. The summed E-state index contributed by atoms with van der Waals surface area (Å²) in [5.41, 5.74) is 3.89. The quantitative estimate of drug-likeness (QED) is 0.900. The van der Waals surface area contributed by atoms with Gasteiger partial charge in [-0.3, -0.25) is 0 Å². The Labute approximate surface area is 121 Å². The van der Waals surface area contributed by atoms with E-state index >= 15 is 0 Å². The van der Waals surface area contributed by atoms with Crippen molar-refractivity contribution in [2.45, 2.75) is 33.7 Å². The SMILES string of the molecule is Cc1ccc(N2CCN(C(=O)NC(C)C)CC2)c(C)c1. The van der Waals surface area contributed by atoms with Crippen LogP contribution >= 0.6 is 0 Å². The van der Waals surface area contributed by atoms with Crippen molar-refractivity contribution in [1.29, 1.82) is 0 Å². The number of urea groups is 1. The normalized spacial score (nSPS) is 15.7. The minimum atomic E-state index is 0.0558. The van der Waals surface area contributed by atoms with Crippen molar-refractivity contribution in [3.8, 4) is 0 Å². The van der Waals surface area contributed by atoms with Crippen molar-refractivity contribution >= 4 is 11.7 Å². The van der Waals surface area contributed by atoms with Gasteiger partial charge >= 0.3 is 6.03 Å². The molecule has 4 nitrogen and oxygen atoms in total. The fourth-order valence-electron chi connectivity index (χ4n) is 2.65. The van der Waals surface area contributed by atoms with Crippen LogP contribution in [0.5, 0.6) is 0 Å². The van der Waals surface area contributed by atoms with Gasteiger partial charge < -0.3 is 15.1 Å². The predicted octanol–water partition coefficient (Wildman–Crippen LogP) is 2.54. The van der Waals surface area contributed by atoms with Crippen molar-refractivity contribution in [2.75, 3.05) is 31.1 Å². The number of rotatable bonds is 2. The molecule has 0 aromatic heterocycles. The maximum absolute atomic E-state index is 12.0. The highest BCUT2D eigenvalue weighted by Gasteiger charge is 2.22. The molecule has 110 valence electrons. The molecular weight excluding hydrogens is 250 g/mol. The van der Waals surface area contributed by atoms with Gasteiger partial charge in [0.1, 0.15) is 0 Å². The summed E-state index contributed by atoms with van der Waals surface area (Å²) in [7, 11) is 0. The molecule has 1 heterocycles. The summed E-state index contributed by atoms with van der Waals surface area (Å²) in [5, 5.41) is 2.95. The average Bonchev–Trinajstić information content (AvgIpc) is 2.38. The smallest absolute Gasteiger partial charge is 0.317 e. The number of carbonyl (C=O) groups is 1. The molecule has 1 aromatic rings. The molecule has 0 aliphatic carbocycles. The Balaban J connectivity index is 1.95. The second-order valence-corrected chi connectivity index (χ2v) is 5.87. The Bertz CT molecular complexity index is 477. The molecule has 1 N–H and O–H groups in total. The molecule has 0 atom stereocenters. The highest BCUT2D eigenvalue weighted by molar-refractivity contribution is 5.74. The number of hydrogen-bond donors (Lipinski definition) is 1. The lowest BCUT2D eigenvalue weighted by Crippen LogP contribution is -2.53. The first-order chi connectivity index (χ1) is 9.47. The Morgan fingerprint density at radius 3 is 2.35 bits per heavy atom. The molecule has 2 amide bonds. The van der Waals surface area contributed by atoms with Crippen LogP contribution in [0.1, 0.15) is 25.0 Å². The van der Waals surface area contributed by atoms with E-state index in [1.807, 2.05) is 18.7 Å². The van der Waals surface area contributed by atoms with Gasteiger partial charge in [0.05, 0.1) is 0 Å². The Morgan fingerprint density at radius 1 is 1.15 bits per heavy atom. The first kappa shape index (κ1) is 14.7. The lowest BCUT2D eigenvalue weighted by molar-refractivity contribution is 0.192. The molecule has 4 heteroatoms. The largest absolute Gasteiger partial charge is 0.368 e. The molecule has 20 heavy (non-hydrogen) atoms. The first-order valence-corrected chi connectivity index (χ1v) is 7.35. The van der Waals surface area contributed by atoms with Gasteiger partial charge in [0.25, 0.3) is 0 Å². The van der Waals surface area contributed by atoms with E-state index in [2.05, 4.69) is 42.3 Å². The first-order valence-electron chi connectivity index (χ1n) is 7.35. The number of aryl methyl sites for hydroxylation is 2. The number of nitrogens with one attached hydrogen (secondary N) is 1. The number of nitrogens with zero attached hydrogens (tertiary/aromatic N) is 2. The second kappa shape index (κ2) is 6.16. The van der Waals surface area contributed by atoms with E-state index in [0.717, 1.165) is 26.2 Å². The van der Waals surface area contributed by atoms with Crippen molar-refractivity contribution < 1.29 is 4.79 Å². The summed E-state index contributed by atoms with van der Waals surface area (Å²) in [5.74, 6) is 0. The minimum absolute atomic E-state index is 0.0558. The standard InChI is InChI=1S/C16H25N3O/c1-12(2)17-16(20)19-9-7-18(8-10-19)15-6-5-13(3)11-14(15)4/h5-6,11-12H,7-10H2,1-4H3,(H,17,20). The molecule has 0 spiro atoms. The maximum Gasteiger partial charge on any atom is 0.317 e. The van der Waals surface area contributed by atoms with Crippen LogP contribution < -0.4 is 10.2 Å². The van der Waals surface area contributed by atoms with Gasteiger partial charge in [0.15, 0.2) is 0 Å². The summed E-state index contributed by atoms with van der Waals surface area (Å²) >= 11 is 0. The van der Waals surface area contributed by atoms with E-state index in [1.165, 1.54) is 16.8 Å². The van der Waals surface area contributed by atoms with Gasteiger partial charge in [0, 0.05) is 37.9 Å². The molecule has 0 saturated carbocycles. The Morgan fingerprint density at radius 2 is 1.80 bits per heavy atom. The zero-order valence-corrected chi connectivity index (χ0v) is 12.9. The van der Waals surface area contributed by atoms with Crippen LogP contribution in [0, 0.1) is 13.8 Å². The Kier molecular flexibility index (Phi) is 4.53. The number of piperazine rings is 1. The number of carbonyl (C=O) groups excluding carboxylic acids is 1. The number of hydrogen-bond acceptors (Lipinski definition) is 2. The van der Waals surface area contributed by atoms with Crippen molar-refractivity contribution in [2.24, 2.45) is 0 Å². The van der Waals surface area contributed by atoms with Gasteiger partial charge in [0.2, 0.25) is 0 Å². The monoisotopic (exact) mass is 275 g/mol. The third kappa shape index (κ3) is 3.44. The van der Waals surface area contributed by atoms with E-state index < -0.39 is 0 Å². The van der Waals surface area contributed by atoms with Gasteiger partial charge in [-0.15, -0.1) is 0 Å². The molecule has 1 aliphatic rings. The van der Waals surface area contributed by atoms with E-state index in [9.17, 15) is 4.79 Å². The Hall–Kier alpha value is -1.71. The van der Waals surface area contributed by atoms with Gasteiger partial charge in [-0.25, -0.2) is 4.79 Å². The van der Waals surface area contributed by atoms with Crippen molar-refractivity contribution in [1.82, 2.24) is 10.2 Å². The van der Waals surface area contributed by atoms with E-state index in [-0.39, 0.29) is 12.1 Å². The van der Waals surface area contributed by atoms with E-state index in [0.29, 0.717) is 0 Å². The maximum atomic E-state index is 12.0. The molecule has 0 unspecified atom stereocenters. The van der Waals surface area contributed by atoms with E-state index in [4.69, 9.17) is 0 Å². The highest BCUT2D eigenvalue weighted by Crippen LogP contribution is 2.22. The highest BCUT2D eigenvalue weighted by atomic mass is 16.2. The van der Waals surface area contributed by atoms with Gasteiger partial charge in [-0.1, -0.05) is 17.7 Å². The van der Waals surface area contributed by atoms with Crippen molar-refractivity contribution in [3.63, 3.8) is 0 Å². The molecule has 1 aromatic carbocycles. The van der Waals surface area contributed by atoms with Crippen LogP contribution in [0.25, 0.3) is 0 Å². The summed E-state index contributed by atoms with van der Waals surface area (Å²) in [6.07, 6.45) is 0. The van der Waals surface area contributed by atoms with Gasteiger partial charge in [-0.2, -0.15) is 0 Å². The number of benzene rings is 1. The van der Waals surface area contributed by atoms with Crippen LogP contribution in [-0.4, -0.2) is 43.2 Å². The average molecular weight is 275 g/mol. The van der Waals surface area contributed by atoms with Crippen LogP contribution in [0.4, 0.5) is 10.5 Å². The molecule has 2 rings (SSSR count). The molecule has 1 saturated heterocycles. The molecule has 1 fully saturated rings. The lowest BCUT2D eigenvalue weighted by atomic mass is 10.1. The lowest BCUT2D eigenvalue weighted by Gasteiger charge is -2.37. The second-order valence-electron chi connectivity index (χ2n) is 5.87. The van der Waals surface area contributed by atoms with Crippen LogP contribution in [0.15, 0.2) is 18.2 Å². The van der Waals surface area contributed by atoms with Crippen molar-refractivity contribution in [3.05, 3.63) is 29.3 Å². The van der Waals surface area contributed by atoms with E-state index in [1.54, 1.807) is 0 Å². The summed E-state index contributed by atoms with van der Waals surface area (Å²) in [6, 6.07) is 6.81. The number of amides is 2. The topological polar surface area (TPSA) is 35.6 Å². The van der Waals surface area contributed by atoms with Crippen LogP contribution in [-0.2, 0) is 0 Å². The predicted molar refractivity (Wildman–Crippen MR) is 83.4 cm³/mol.